The van der Waals surface area contributed by atoms with Gasteiger partial charge in [0.15, 0.2) is 5.96 Å². The highest BCUT2D eigenvalue weighted by molar-refractivity contribution is 5.99. The number of anilines is 1. The minimum absolute atomic E-state index is 0.00957. The van der Waals surface area contributed by atoms with Crippen molar-refractivity contribution < 1.29 is 9.59 Å². The normalized spacial score (nSPS) is 17.7. The Bertz CT molecular complexity index is 1570. The van der Waals surface area contributed by atoms with Crippen LogP contribution in [0.15, 0.2) is 102 Å². The fourth-order valence-electron chi connectivity index (χ4n) is 5.96. The summed E-state index contributed by atoms with van der Waals surface area (Å²) >= 11 is 0. The van der Waals surface area contributed by atoms with Crippen molar-refractivity contribution in [2.24, 2.45) is 16.5 Å². The predicted octanol–water partition coefficient (Wildman–Crippen LogP) is 3.60. The van der Waals surface area contributed by atoms with E-state index in [1.165, 1.54) is 0 Å². The molecular formula is C35H41N7O2. The molecule has 2 amide bonds. The van der Waals surface area contributed by atoms with E-state index in [4.69, 9.17) is 17.2 Å². The lowest BCUT2D eigenvalue weighted by Crippen LogP contribution is -2.54. The fourth-order valence-corrected chi connectivity index (χ4v) is 5.96. The summed E-state index contributed by atoms with van der Waals surface area (Å²) in [6, 6.07) is 30.4. The van der Waals surface area contributed by atoms with Crippen molar-refractivity contribution in [2.45, 2.75) is 43.8 Å². The first kappa shape index (κ1) is 30.6. The van der Waals surface area contributed by atoms with E-state index < -0.39 is 12.1 Å². The SMILES string of the molecule is CCC(N=C(N)N)[C@@H]1N[C@H](CNC(=O)c2ccc3cc(N)ccc3c2)CCN(CC(c2ccccc2)c2ccccc2)C1=O. The second-order valence-electron chi connectivity index (χ2n) is 11.3. The maximum absolute atomic E-state index is 14.2. The molecule has 3 atom stereocenters. The topological polar surface area (TPSA) is 152 Å². The van der Waals surface area contributed by atoms with Gasteiger partial charge < -0.3 is 27.4 Å². The average Bonchev–Trinajstić information content (AvgIpc) is 3.19. The average molecular weight is 592 g/mol. The van der Waals surface area contributed by atoms with Gasteiger partial charge in [-0.2, -0.15) is 0 Å². The first-order valence-electron chi connectivity index (χ1n) is 15.1. The first-order chi connectivity index (χ1) is 21.3. The van der Waals surface area contributed by atoms with Gasteiger partial charge >= 0.3 is 0 Å². The number of fused-ring (bicyclic) bond motifs is 1. The number of nitrogens with two attached hydrogens (primary N) is 3. The number of hydrogen-bond acceptors (Lipinski definition) is 5. The Morgan fingerprint density at radius 1 is 0.955 bits per heavy atom. The number of nitrogen functional groups attached to an aromatic ring is 1. The van der Waals surface area contributed by atoms with Gasteiger partial charge in [-0.25, -0.2) is 4.99 Å². The van der Waals surface area contributed by atoms with Gasteiger partial charge in [0.2, 0.25) is 5.91 Å². The van der Waals surface area contributed by atoms with Crippen LogP contribution in [0.1, 0.15) is 47.2 Å². The molecule has 1 unspecified atom stereocenters. The number of nitrogens with zero attached hydrogens (tertiary/aromatic N) is 2. The number of aliphatic imine (C=N–C) groups is 1. The van der Waals surface area contributed by atoms with Crippen LogP contribution in [0.2, 0.25) is 0 Å². The van der Waals surface area contributed by atoms with Crippen LogP contribution in [-0.4, -0.2) is 60.4 Å². The Morgan fingerprint density at radius 3 is 2.23 bits per heavy atom. The van der Waals surface area contributed by atoms with Crippen LogP contribution >= 0.6 is 0 Å². The molecule has 44 heavy (non-hydrogen) atoms. The fraction of sp³-hybridized carbons (Fsp3) is 0.286. The highest BCUT2D eigenvalue weighted by Crippen LogP contribution is 2.27. The second-order valence-corrected chi connectivity index (χ2v) is 11.3. The smallest absolute Gasteiger partial charge is 0.251 e. The van der Waals surface area contributed by atoms with Crippen molar-refractivity contribution >= 4 is 34.2 Å². The van der Waals surface area contributed by atoms with Crippen LogP contribution in [0.3, 0.4) is 0 Å². The molecule has 1 aliphatic rings. The number of benzene rings is 4. The first-order valence-corrected chi connectivity index (χ1v) is 15.1. The summed E-state index contributed by atoms with van der Waals surface area (Å²) in [5.41, 5.74) is 21.0. The summed E-state index contributed by atoms with van der Waals surface area (Å²) in [7, 11) is 0. The lowest BCUT2D eigenvalue weighted by molar-refractivity contribution is -0.133. The van der Waals surface area contributed by atoms with Crippen molar-refractivity contribution in [1.29, 1.82) is 0 Å². The maximum Gasteiger partial charge on any atom is 0.251 e. The van der Waals surface area contributed by atoms with Crippen molar-refractivity contribution in [3.8, 4) is 0 Å². The van der Waals surface area contributed by atoms with Crippen molar-refractivity contribution in [1.82, 2.24) is 15.5 Å². The number of carbonyl (C=O) groups excluding carboxylic acids is 2. The molecule has 228 valence electrons. The molecule has 1 aliphatic heterocycles. The third kappa shape index (κ3) is 7.36. The van der Waals surface area contributed by atoms with Crippen LogP contribution in [0.25, 0.3) is 10.8 Å². The molecule has 0 aliphatic carbocycles. The van der Waals surface area contributed by atoms with E-state index in [-0.39, 0.29) is 29.7 Å². The van der Waals surface area contributed by atoms with Crippen LogP contribution in [0.5, 0.6) is 0 Å². The van der Waals surface area contributed by atoms with Crippen LogP contribution < -0.4 is 27.8 Å². The van der Waals surface area contributed by atoms with Gasteiger partial charge in [-0.1, -0.05) is 79.7 Å². The number of rotatable bonds is 10. The summed E-state index contributed by atoms with van der Waals surface area (Å²) in [5.74, 6) is -0.304. The Hall–Kier alpha value is -4.89. The number of hydrogen-bond donors (Lipinski definition) is 5. The molecule has 9 nitrogen and oxygen atoms in total. The van der Waals surface area contributed by atoms with E-state index in [0.717, 1.165) is 21.9 Å². The zero-order valence-electron chi connectivity index (χ0n) is 25.0. The molecular weight excluding hydrogens is 550 g/mol. The molecule has 9 heteroatoms. The lowest BCUT2D eigenvalue weighted by Gasteiger charge is -2.31. The van der Waals surface area contributed by atoms with Gasteiger partial charge in [-0.05, 0) is 59.0 Å². The third-order valence-corrected chi connectivity index (χ3v) is 8.30. The summed E-state index contributed by atoms with van der Waals surface area (Å²) < 4.78 is 0. The summed E-state index contributed by atoms with van der Waals surface area (Å²) in [5, 5.41) is 8.50. The van der Waals surface area contributed by atoms with Gasteiger partial charge in [0.1, 0.15) is 6.04 Å². The second kappa shape index (κ2) is 14.1. The van der Waals surface area contributed by atoms with E-state index in [9.17, 15) is 9.59 Å². The summed E-state index contributed by atoms with van der Waals surface area (Å²) in [4.78, 5) is 33.7. The molecule has 0 bridgehead atoms. The van der Waals surface area contributed by atoms with Gasteiger partial charge in [-0.15, -0.1) is 0 Å². The molecule has 1 heterocycles. The zero-order chi connectivity index (χ0) is 31.1. The van der Waals surface area contributed by atoms with Crippen molar-refractivity contribution in [3.05, 3.63) is 114 Å². The van der Waals surface area contributed by atoms with E-state index >= 15 is 0 Å². The standard InChI is InChI=1S/C35H41N7O2/c1-2-31(41-35(37)38)32-34(44)42(22-30(23-9-5-3-6-10-23)24-11-7-4-8-12-24)18-17-29(40-32)21-39-33(43)27-14-13-26-20-28(36)16-15-25(26)19-27/h3-16,19-20,29-32,40H,2,17-18,21-22,36H2,1H3,(H,39,43)(H4,37,38,41)/t29-,31?,32-/m0/s1. The Morgan fingerprint density at radius 2 is 1.59 bits per heavy atom. The lowest BCUT2D eigenvalue weighted by atomic mass is 9.90. The highest BCUT2D eigenvalue weighted by Gasteiger charge is 2.37. The number of carbonyl (C=O) groups is 2. The Balaban J connectivity index is 1.37. The van der Waals surface area contributed by atoms with E-state index in [1.54, 1.807) is 6.07 Å². The minimum Gasteiger partial charge on any atom is -0.399 e. The van der Waals surface area contributed by atoms with Gasteiger partial charge in [-0.3, -0.25) is 14.9 Å². The van der Waals surface area contributed by atoms with Crippen LogP contribution in [0.4, 0.5) is 5.69 Å². The number of guanidine groups is 1. The van der Waals surface area contributed by atoms with Crippen LogP contribution in [-0.2, 0) is 4.79 Å². The summed E-state index contributed by atoms with van der Waals surface area (Å²) in [6.45, 7) is 3.33. The minimum atomic E-state index is -0.648. The predicted molar refractivity (Wildman–Crippen MR) is 177 cm³/mol. The van der Waals surface area contributed by atoms with Crippen molar-refractivity contribution in [3.63, 3.8) is 0 Å². The quantitative estimate of drug-likeness (QED) is 0.108. The third-order valence-electron chi connectivity index (χ3n) is 8.30. The van der Waals surface area contributed by atoms with Crippen molar-refractivity contribution in [2.75, 3.05) is 25.4 Å². The zero-order valence-corrected chi connectivity index (χ0v) is 25.0. The Labute approximate surface area is 258 Å². The molecule has 5 rings (SSSR count). The van der Waals surface area contributed by atoms with Crippen LogP contribution in [0, 0.1) is 0 Å². The van der Waals surface area contributed by atoms with E-state index in [0.29, 0.717) is 43.7 Å². The van der Waals surface area contributed by atoms with Gasteiger partial charge in [0.25, 0.3) is 5.91 Å². The monoisotopic (exact) mass is 591 g/mol. The van der Waals surface area contributed by atoms with Gasteiger partial charge in [0, 0.05) is 42.8 Å². The molecule has 1 fully saturated rings. The highest BCUT2D eigenvalue weighted by atomic mass is 16.2. The number of nitrogens with one attached hydrogen (secondary N) is 2. The summed E-state index contributed by atoms with van der Waals surface area (Å²) in [6.07, 6.45) is 1.21. The molecule has 4 aromatic carbocycles. The van der Waals surface area contributed by atoms with E-state index in [2.05, 4.69) is 39.9 Å². The molecule has 0 radical (unpaired) electrons. The molecule has 4 aromatic rings. The molecule has 0 aromatic heterocycles. The molecule has 0 spiro atoms. The molecule has 1 saturated heterocycles. The number of amides is 2. The maximum atomic E-state index is 14.2. The van der Waals surface area contributed by atoms with Gasteiger partial charge in [0.05, 0.1) is 6.04 Å². The Kier molecular flexibility index (Phi) is 9.76. The van der Waals surface area contributed by atoms with E-state index in [1.807, 2.05) is 78.6 Å². The molecule has 0 saturated carbocycles. The molecule has 8 N–H and O–H groups in total. The largest absolute Gasteiger partial charge is 0.399 e.